The van der Waals surface area contributed by atoms with E-state index in [2.05, 4.69) is 112 Å². The number of methoxy groups -OCH3 is 1. The van der Waals surface area contributed by atoms with Crippen molar-refractivity contribution in [2.45, 2.75) is 62.9 Å². The van der Waals surface area contributed by atoms with Crippen LogP contribution in [-0.2, 0) is 15.9 Å². The van der Waals surface area contributed by atoms with Crippen molar-refractivity contribution in [2.24, 2.45) is 11.1 Å². The first-order valence-corrected chi connectivity index (χ1v) is 18.2. The lowest BCUT2D eigenvalue weighted by atomic mass is 9.75. The van der Waals surface area contributed by atoms with Crippen LogP contribution in [0.5, 0.6) is 0 Å². The molecule has 0 radical (unpaired) electrons. The average Bonchev–Trinajstić information content (AvgIpc) is 3.31. The summed E-state index contributed by atoms with van der Waals surface area (Å²) in [5.41, 5.74) is 12.5. The molecule has 1 amide bonds. The van der Waals surface area contributed by atoms with Crippen LogP contribution in [0, 0.1) is 9.12 Å². The molecule has 7 heterocycles. The van der Waals surface area contributed by atoms with E-state index in [1.54, 1.807) is 0 Å². The number of benzene rings is 2. The number of nitrogens with zero attached hydrogens (tertiary/aromatic N) is 4. The molecule has 2 aromatic carbocycles. The number of rotatable bonds is 4. The smallest absolute Gasteiger partial charge is 0.359 e. The molecule has 0 atom stereocenters. The Kier molecular flexibility index (Phi) is 7.54. The van der Waals surface area contributed by atoms with Crippen LogP contribution in [0.25, 0.3) is 22.8 Å². The van der Waals surface area contributed by atoms with Crippen molar-refractivity contribution in [3.05, 3.63) is 77.3 Å². The highest BCUT2D eigenvalue weighted by atomic mass is 127. The predicted molar refractivity (Wildman–Crippen MR) is 188 cm³/mol. The van der Waals surface area contributed by atoms with E-state index >= 15 is 0 Å². The van der Waals surface area contributed by atoms with E-state index in [4.69, 9.17) is 20.2 Å². The molecule has 46 heavy (non-hydrogen) atoms. The van der Waals surface area contributed by atoms with Crippen LogP contribution >= 0.6 is 54.5 Å². The van der Waals surface area contributed by atoms with Crippen LogP contribution in [0.4, 0.5) is 0 Å². The van der Waals surface area contributed by atoms with E-state index in [9.17, 15) is 9.59 Å². The van der Waals surface area contributed by atoms with Crippen LogP contribution in [-0.4, -0.2) is 51.3 Å². The van der Waals surface area contributed by atoms with Crippen molar-refractivity contribution in [1.29, 1.82) is 0 Å². The number of amides is 1. The van der Waals surface area contributed by atoms with Crippen LogP contribution in [0.15, 0.2) is 45.3 Å². The second kappa shape index (κ2) is 11.3. The van der Waals surface area contributed by atoms with Crippen molar-refractivity contribution >= 4 is 66.3 Å². The minimum absolute atomic E-state index is 0.0660. The van der Waals surface area contributed by atoms with E-state index < -0.39 is 5.91 Å². The number of hydrogen-bond acceptors (Lipinski definition) is 6. The summed E-state index contributed by atoms with van der Waals surface area (Å²) in [6.07, 6.45) is 5.23. The SMILES string of the molecule is CC1(Cc2c(C(N)=O)nc3n2C2CC(C2)c2ccc(Br)cc2-3)COC1.COC(=O)c1nc2n(c1I)C1CC(C1)c1ccc(Br)cc1-2. The van der Waals surface area contributed by atoms with Crippen molar-refractivity contribution in [3.8, 4) is 22.8 Å². The molecule has 2 N–H and O–H groups in total. The average molecular weight is 861 g/mol. The zero-order chi connectivity index (χ0) is 32.1. The zero-order valence-electron chi connectivity index (χ0n) is 25.4. The molecule has 5 aliphatic heterocycles. The van der Waals surface area contributed by atoms with Gasteiger partial charge in [-0.25, -0.2) is 14.8 Å². The number of hydrogen-bond donors (Lipinski definition) is 1. The highest BCUT2D eigenvalue weighted by molar-refractivity contribution is 14.1. The van der Waals surface area contributed by atoms with E-state index in [0.717, 1.165) is 86.4 Å². The first kappa shape index (κ1) is 30.8. The van der Waals surface area contributed by atoms with Crippen molar-refractivity contribution in [3.63, 3.8) is 0 Å². The van der Waals surface area contributed by atoms with Crippen LogP contribution in [0.1, 0.15) is 94.3 Å². The Morgan fingerprint density at radius 1 is 0.935 bits per heavy atom. The number of esters is 1. The Morgan fingerprint density at radius 2 is 1.46 bits per heavy atom. The van der Waals surface area contributed by atoms with E-state index in [0.29, 0.717) is 35.3 Å². The summed E-state index contributed by atoms with van der Waals surface area (Å²) < 4.78 is 17.7. The van der Waals surface area contributed by atoms with Gasteiger partial charge in [-0.05, 0) is 102 Å². The Morgan fingerprint density at radius 3 is 1.96 bits per heavy atom. The maximum absolute atomic E-state index is 12.1. The molecule has 7 aliphatic rings. The largest absolute Gasteiger partial charge is 0.464 e. The van der Waals surface area contributed by atoms with Gasteiger partial charge in [0.1, 0.15) is 21.0 Å². The molecule has 3 fully saturated rings. The van der Waals surface area contributed by atoms with Gasteiger partial charge in [0, 0.05) is 37.6 Å². The molecule has 238 valence electrons. The number of ether oxygens (including phenoxy) is 2. The molecule has 2 aromatic heterocycles. The molecular formula is C34H32Br2IN5O4. The van der Waals surface area contributed by atoms with Crippen LogP contribution < -0.4 is 5.73 Å². The maximum atomic E-state index is 12.1. The second-order valence-electron chi connectivity index (χ2n) is 13.5. The first-order valence-electron chi connectivity index (χ1n) is 15.5. The lowest BCUT2D eigenvalue weighted by molar-refractivity contribution is -0.101. The minimum Gasteiger partial charge on any atom is -0.464 e. The summed E-state index contributed by atoms with van der Waals surface area (Å²) in [6.45, 7) is 3.65. The Labute approximate surface area is 297 Å². The molecule has 2 saturated carbocycles. The van der Waals surface area contributed by atoms with Gasteiger partial charge in [0.2, 0.25) is 0 Å². The third kappa shape index (κ3) is 4.83. The van der Waals surface area contributed by atoms with Crippen LogP contribution in [0.3, 0.4) is 0 Å². The fourth-order valence-electron chi connectivity index (χ4n) is 7.80. The van der Waals surface area contributed by atoms with Gasteiger partial charge in [0.15, 0.2) is 5.69 Å². The summed E-state index contributed by atoms with van der Waals surface area (Å²) in [5.74, 6) is 2.17. The molecule has 4 aromatic rings. The number of halogens is 3. The molecule has 1 saturated heterocycles. The number of carbonyl (C=O) groups excluding carboxylic acids is 2. The summed E-state index contributed by atoms with van der Waals surface area (Å²) in [7, 11) is 1.40. The van der Waals surface area contributed by atoms with Gasteiger partial charge in [-0.1, -0.05) is 50.9 Å². The second-order valence-corrected chi connectivity index (χ2v) is 16.3. The Hall–Kier alpha value is -2.55. The van der Waals surface area contributed by atoms with Gasteiger partial charge in [-0.2, -0.15) is 0 Å². The normalized spacial score (nSPS) is 23.7. The van der Waals surface area contributed by atoms with Gasteiger partial charge >= 0.3 is 5.97 Å². The molecule has 2 aliphatic carbocycles. The molecule has 11 rings (SSSR count). The van der Waals surface area contributed by atoms with E-state index in [1.807, 2.05) is 0 Å². The van der Waals surface area contributed by atoms with Crippen molar-refractivity contribution in [2.75, 3.05) is 20.3 Å². The molecule has 9 nitrogen and oxygen atoms in total. The lowest BCUT2D eigenvalue weighted by Gasteiger charge is -2.40. The zero-order valence-corrected chi connectivity index (χ0v) is 30.7. The number of aromatic nitrogens is 4. The fraction of sp³-hybridized carbons (Fsp3) is 0.412. The first-order chi connectivity index (χ1) is 22.0. The summed E-state index contributed by atoms with van der Waals surface area (Å²) in [6, 6.07) is 13.6. The van der Waals surface area contributed by atoms with Crippen molar-refractivity contribution < 1.29 is 19.1 Å². The molecular weight excluding hydrogens is 829 g/mol. The van der Waals surface area contributed by atoms with Crippen molar-refractivity contribution in [1.82, 2.24) is 19.1 Å². The maximum Gasteiger partial charge on any atom is 0.359 e. The number of imidazole rings is 2. The van der Waals surface area contributed by atoms with Gasteiger partial charge in [0.05, 0.1) is 26.0 Å². The lowest BCUT2D eigenvalue weighted by Crippen LogP contribution is -2.42. The van der Waals surface area contributed by atoms with Crippen LogP contribution in [0.2, 0.25) is 0 Å². The third-order valence-corrected chi connectivity index (χ3v) is 12.3. The number of carbonyl (C=O) groups is 2. The predicted octanol–water partition coefficient (Wildman–Crippen LogP) is 7.56. The Bertz CT molecular complexity index is 1940. The van der Waals surface area contributed by atoms with Gasteiger partial charge in [0.25, 0.3) is 5.91 Å². The standard InChI is InChI=1S/C19H20BrN3O2.C15H12BrIN2O2/c1-19(8-25-9-19)7-15-16(17(21)24)22-18-14-6-11(20)2-3-13(14)10-4-12(5-10)23(15)18;1-21-15(20)12-13(17)19-9-4-7(5-9)10-3-2-8(16)6-11(10)14(19)18-12/h2-3,6,10,12H,4-5,7-9H2,1H3,(H2,21,24);2-3,6-7,9H,4-5H2,1H3. The fourth-order valence-corrected chi connectivity index (χ4v) is 9.48. The molecule has 12 heteroatoms. The highest BCUT2D eigenvalue weighted by Gasteiger charge is 2.44. The molecule has 0 spiro atoms. The topological polar surface area (TPSA) is 114 Å². The highest BCUT2D eigenvalue weighted by Crippen LogP contribution is 2.55. The summed E-state index contributed by atoms with van der Waals surface area (Å²) in [5, 5.41) is 0. The minimum atomic E-state index is -0.438. The number of nitrogens with two attached hydrogens (primary N) is 1. The monoisotopic (exact) mass is 859 g/mol. The molecule has 4 bridgehead atoms. The molecule has 0 unspecified atom stereocenters. The van der Waals surface area contributed by atoms with Gasteiger partial charge in [-0.15, -0.1) is 0 Å². The van der Waals surface area contributed by atoms with E-state index in [1.165, 1.54) is 18.2 Å². The number of primary amides is 1. The Balaban J connectivity index is 0.000000138. The summed E-state index contributed by atoms with van der Waals surface area (Å²) >= 11 is 9.33. The quantitative estimate of drug-likeness (QED) is 0.168. The van der Waals surface area contributed by atoms with Gasteiger partial charge < -0.3 is 24.3 Å². The van der Waals surface area contributed by atoms with E-state index in [-0.39, 0.29) is 11.4 Å². The van der Waals surface area contributed by atoms with Gasteiger partial charge in [-0.3, -0.25) is 4.79 Å². The summed E-state index contributed by atoms with van der Waals surface area (Å²) in [4.78, 5) is 33.4. The third-order valence-electron chi connectivity index (χ3n) is 10.3.